The molecule has 3 aliphatic rings. The maximum absolute atomic E-state index is 12.8. The van der Waals surface area contributed by atoms with Gasteiger partial charge in [0.15, 0.2) is 0 Å². The van der Waals surface area contributed by atoms with Gasteiger partial charge in [0.1, 0.15) is 0 Å². The summed E-state index contributed by atoms with van der Waals surface area (Å²) in [7, 11) is 0. The fourth-order valence-electron chi connectivity index (χ4n) is 4.81. The number of amides is 2. The van der Waals surface area contributed by atoms with Gasteiger partial charge in [0, 0.05) is 37.9 Å². The van der Waals surface area contributed by atoms with Gasteiger partial charge in [0.25, 0.3) is 0 Å². The number of rotatable bonds is 2. The second-order valence-corrected chi connectivity index (χ2v) is 8.47. The molecule has 2 heterocycles. The molecule has 2 aromatic rings. The zero-order chi connectivity index (χ0) is 18.9. The number of nitrogens with one attached hydrogen (secondary N) is 1. The maximum atomic E-state index is 12.8. The van der Waals surface area contributed by atoms with E-state index in [9.17, 15) is 4.79 Å². The van der Waals surface area contributed by atoms with Crippen molar-refractivity contribution in [1.29, 1.82) is 0 Å². The Hall–Kier alpha value is -2.33. The summed E-state index contributed by atoms with van der Waals surface area (Å²) < 4.78 is 0. The van der Waals surface area contributed by atoms with E-state index in [0.29, 0.717) is 6.54 Å². The summed E-state index contributed by atoms with van der Waals surface area (Å²) in [6.45, 7) is 3.81. The highest BCUT2D eigenvalue weighted by molar-refractivity contribution is 5.89. The molecular weight excluding hydrogens is 346 g/mol. The summed E-state index contributed by atoms with van der Waals surface area (Å²) in [6.07, 6.45) is 7.29. The quantitative estimate of drug-likeness (QED) is 0.853. The largest absolute Gasteiger partial charge is 0.322 e. The average molecular weight is 376 g/mol. The van der Waals surface area contributed by atoms with Crippen LogP contribution in [0.1, 0.15) is 41.5 Å². The molecule has 0 bridgehead atoms. The van der Waals surface area contributed by atoms with E-state index in [1.165, 1.54) is 48.1 Å². The zero-order valence-corrected chi connectivity index (χ0v) is 16.5. The number of hydrogen-bond donors (Lipinski definition) is 1. The predicted molar refractivity (Wildman–Crippen MR) is 113 cm³/mol. The Balaban J connectivity index is 1.24. The Labute approximate surface area is 167 Å². The molecule has 4 nitrogen and oxygen atoms in total. The van der Waals surface area contributed by atoms with Gasteiger partial charge in [-0.25, -0.2) is 4.79 Å². The lowest BCUT2D eigenvalue weighted by Gasteiger charge is -2.36. The van der Waals surface area contributed by atoms with Crippen molar-refractivity contribution in [2.75, 3.05) is 25.0 Å². The van der Waals surface area contributed by atoms with Gasteiger partial charge in [-0.05, 0) is 66.5 Å². The number of urea groups is 1. The molecular formula is C24H29N3O. The molecule has 0 atom stereocenters. The molecule has 5 rings (SSSR count). The summed E-state index contributed by atoms with van der Waals surface area (Å²) in [4.78, 5) is 17.4. The number of nitrogens with zero attached hydrogens (tertiary/aromatic N) is 2. The number of carbonyl (C=O) groups is 1. The molecule has 2 aliphatic heterocycles. The molecule has 1 aliphatic carbocycles. The third-order valence-corrected chi connectivity index (χ3v) is 6.80. The van der Waals surface area contributed by atoms with Crippen molar-refractivity contribution in [2.45, 2.75) is 51.1 Å². The molecule has 146 valence electrons. The lowest BCUT2D eigenvalue weighted by Crippen LogP contribution is -2.41. The van der Waals surface area contributed by atoms with Crippen LogP contribution in [0, 0.1) is 0 Å². The summed E-state index contributed by atoms with van der Waals surface area (Å²) in [6, 6.07) is 15.8. The first-order chi connectivity index (χ1) is 13.8. The van der Waals surface area contributed by atoms with Crippen LogP contribution in [-0.2, 0) is 25.8 Å². The SMILES string of the molecule is O=C(Nc1ccc2c(c1)CCN(C1CCC1)CC2)N1CCc2ccccc2C1. The highest BCUT2D eigenvalue weighted by atomic mass is 16.2. The lowest BCUT2D eigenvalue weighted by molar-refractivity contribution is 0.133. The van der Waals surface area contributed by atoms with E-state index >= 15 is 0 Å². The average Bonchev–Trinajstić information content (AvgIpc) is 2.89. The van der Waals surface area contributed by atoms with E-state index < -0.39 is 0 Å². The molecule has 0 spiro atoms. The van der Waals surface area contributed by atoms with E-state index in [-0.39, 0.29) is 6.03 Å². The van der Waals surface area contributed by atoms with Crippen LogP contribution in [0.5, 0.6) is 0 Å². The Bertz CT molecular complexity index is 874. The highest BCUT2D eigenvalue weighted by Crippen LogP contribution is 2.28. The first-order valence-corrected chi connectivity index (χ1v) is 10.7. The number of hydrogen-bond acceptors (Lipinski definition) is 2. The number of carbonyl (C=O) groups excluding carboxylic acids is 1. The van der Waals surface area contributed by atoms with Gasteiger partial charge >= 0.3 is 6.03 Å². The Morgan fingerprint density at radius 1 is 0.857 bits per heavy atom. The number of anilines is 1. The highest BCUT2D eigenvalue weighted by Gasteiger charge is 2.26. The van der Waals surface area contributed by atoms with Gasteiger partial charge in [-0.3, -0.25) is 4.90 Å². The van der Waals surface area contributed by atoms with Gasteiger partial charge in [0.05, 0.1) is 0 Å². The molecule has 2 aromatic carbocycles. The Morgan fingerprint density at radius 3 is 2.36 bits per heavy atom. The van der Waals surface area contributed by atoms with Crippen LogP contribution < -0.4 is 5.32 Å². The van der Waals surface area contributed by atoms with E-state index in [0.717, 1.165) is 44.1 Å². The van der Waals surface area contributed by atoms with Gasteiger partial charge in [0.2, 0.25) is 0 Å². The van der Waals surface area contributed by atoms with Gasteiger partial charge in [-0.15, -0.1) is 0 Å². The summed E-state index contributed by atoms with van der Waals surface area (Å²) >= 11 is 0. The van der Waals surface area contributed by atoms with Crippen LogP contribution in [0.15, 0.2) is 42.5 Å². The maximum Gasteiger partial charge on any atom is 0.322 e. The van der Waals surface area contributed by atoms with Crippen LogP contribution in [0.25, 0.3) is 0 Å². The Morgan fingerprint density at radius 2 is 1.57 bits per heavy atom. The van der Waals surface area contributed by atoms with E-state index in [1.807, 2.05) is 4.90 Å². The van der Waals surface area contributed by atoms with Crippen LogP contribution in [-0.4, -0.2) is 41.5 Å². The van der Waals surface area contributed by atoms with E-state index in [1.54, 1.807) is 0 Å². The molecule has 0 saturated heterocycles. The molecule has 0 aromatic heterocycles. The van der Waals surface area contributed by atoms with Crippen molar-refractivity contribution in [3.05, 3.63) is 64.7 Å². The first-order valence-electron chi connectivity index (χ1n) is 10.7. The lowest BCUT2D eigenvalue weighted by atomic mass is 9.91. The molecule has 0 radical (unpaired) electrons. The van der Waals surface area contributed by atoms with Crippen LogP contribution in [0.4, 0.5) is 10.5 Å². The van der Waals surface area contributed by atoms with Gasteiger partial charge in [-0.1, -0.05) is 36.8 Å². The van der Waals surface area contributed by atoms with E-state index in [4.69, 9.17) is 0 Å². The van der Waals surface area contributed by atoms with Gasteiger partial charge < -0.3 is 10.2 Å². The monoisotopic (exact) mass is 375 g/mol. The van der Waals surface area contributed by atoms with Crippen molar-refractivity contribution >= 4 is 11.7 Å². The van der Waals surface area contributed by atoms with Crippen molar-refractivity contribution < 1.29 is 4.79 Å². The van der Waals surface area contributed by atoms with Crippen molar-refractivity contribution in [3.63, 3.8) is 0 Å². The Kier molecular flexibility index (Phi) is 4.81. The topological polar surface area (TPSA) is 35.6 Å². The smallest absolute Gasteiger partial charge is 0.320 e. The number of benzene rings is 2. The molecule has 4 heteroatoms. The van der Waals surface area contributed by atoms with Crippen molar-refractivity contribution in [3.8, 4) is 0 Å². The minimum absolute atomic E-state index is 0.0131. The molecule has 1 N–H and O–H groups in total. The number of fused-ring (bicyclic) bond motifs is 2. The minimum Gasteiger partial charge on any atom is -0.320 e. The standard InChI is InChI=1S/C24H29N3O/c28-24(27-15-11-18-4-1-2-5-21(18)17-27)25-22-9-8-19-10-13-26(23-6-3-7-23)14-12-20(19)16-22/h1-2,4-5,8-9,16,23H,3,6-7,10-15,17H2,(H,25,28). The second-order valence-electron chi connectivity index (χ2n) is 8.47. The first kappa shape index (κ1) is 17.7. The van der Waals surface area contributed by atoms with Gasteiger partial charge in [-0.2, -0.15) is 0 Å². The second kappa shape index (κ2) is 7.59. The van der Waals surface area contributed by atoms with Crippen LogP contribution in [0.2, 0.25) is 0 Å². The third-order valence-electron chi connectivity index (χ3n) is 6.80. The molecule has 2 amide bonds. The normalized spacial score (nSPS) is 19.9. The summed E-state index contributed by atoms with van der Waals surface area (Å²) in [5, 5.41) is 3.14. The molecule has 28 heavy (non-hydrogen) atoms. The van der Waals surface area contributed by atoms with E-state index in [2.05, 4.69) is 52.7 Å². The zero-order valence-electron chi connectivity index (χ0n) is 16.5. The van der Waals surface area contributed by atoms with Crippen molar-refractivity contribution in [2.24, 2.45) is 0 Å². The fraction of sp³-hybridized carbons (Fsp3) is 0.458. The molecule has 0 unspecified atom stereocenters. The van der Waals surface area contributed by atoms with Crippen LogP contribution in [0.3, 0.4) is 0 Å². The predicted octanol–water partition coefficient (Wildman–Crippen LogP) is 4.23. The fourth-order valence-corrected chi connectivity index (χ4v) is 4.81. The minimum atomic E-state index is 0.0131. The molecule has 1 saturated carbocycles. The third kappa shape index (κ3) is 3.53. The summed E-state index contributed by atoms with van der Waals surface area (Å²) in [5.74, 6) is 0. The van der Waals surface area contributed by atoms with Crippen molar-refractivity contribution in [1.82, 2.24) is 9.80 Å². The van der Waals surface area contributed by atoms with Crippen LogP contribution >= 0.6 is 0 Å². The molecule has 1 fully saturated rings. The summed E-state index contributed by atoms with van der Waals surface area (Å²) in [5.41, 5.74) is 6.42.